The van der Waals surface area contributed by atoms with E-state index in [0.717, 1.165) is 6.42 Å². The highest BCUT2D eigenvalue weighted by Gasteiger charge is 2.12. The van der Waals surface area contributed by atoms with Gasteiger partial charge < -0.3 is 0 Å². The molecular formula is C20H17Br. The van der Waals surface area contributed by atoms with Crippen molar-refractivity contribution in [3.63, 3.8) is 0 Å². The Labute approximate surface area is 133 Å². The van der Waals surface area contributed by atoms with Gasteiger partial charge in [-0.25, -0.2) is 0 Å². The van der Waals surface area contributed by atoms with Gasteiger partial charge in [-0.15, -0.1) is 0 Å². The summed E-state index contributed by atoms with van der Waals surface area (Å²) in [7, 11) is 0. The molecule has 104 valence electrons. The smallest absolute Gasteiger partial charge is 0.0286 e. The maximum absolute atomic E-state index is 3.86. The van der Waals surface area contributed by atoms with Gasteiger partial charge in [-0.05, 0) is 72.7 Å². The van der Waals surface area contributed by atoms with E-state index in [1.165, 1.54) is 55.2 Å². The molecule has 0 atom stereocenters. The van der Waals surface area contributed by atoms with Gasteiger partial charge in [0.15, 0.2) is 0 Å². The molecule has 1 heteroatoms. The zero-order chi connectivity index (χ0) is 14.4. The molecule has 0 bridgehead atoms. The normalized spacial score (nSPS) is 11.9. The summed E-state index contributed by atoms with van der Waals surface area (Å²) in [5.74, 6) is 0. The van der Waals surface area contributed by atoms with Crippen LogP contribution >= 0.6 is 15.9 Å². The van der Waals surface area contributed by atoms with E-state index in [9.17, 15) is 0 Å². The monoisotopic (exact) mass is 336 g/mol. The molecule has 4 aromatic rings. The fourth-order valence-electron chi connectivity index (χ4n) is 3.39. The standard InChI is InChI=1S/C20H17Br/c1-2-3-5-16-12-15-9-8-13-6-4-7-14-10-11-17(20(16)21)19(15)18(13)14/h4,6-12H,2-3,5H2,1H3. The lowest BCUT2D eigenvalue weighted by atomic mass is 9.92. The summed E-state index contributed by atoms with van der Waals surface area (Å²) in [6.07, 6.45) is 3.62. The first-order chi connectivity index (χ1) is 10.3. The van der Waals surface area contributed by atoms with Crippen molar-refractivity contribution in [2.45, 2.75) is 26.2 Å². The number of rotatable bonds is 3. The fourth-order valence-corrected chi connectivity index (χ4v) is 4.03. The summed E-state index contributed by atoms with van der Waals surface area (Å²) in [6, 6.07) is 18.0. The molecule has 0 saturated carbocycles. The molecule has 0 aliphatic heterocycles. The van der Waals surface area contributed by atoms with Crippen molar-refractivity contribution in [1.29, 1.82) is 0 Å². The zero-order valence-electron chi connectivity index (χ0n) is 12.1. The van der Waals surface area contributed by atoms with Crippen molar-refractivity contribution >= 4 is 48.2 Å². The van der Waals surface area contributed by atoms with Gasteiger partial charge in [-0.1, -0.05) is 55.8 Å². The van der Waals surface area contributed by atoms with Gasteiger partial charge in [0.2, 0.25) is 0 Å². The number of hydrogen-bond acceptors (Lipinski definition) is 0. The molecule has 4 aromatic carbocycles. The van der Waals surface area contributed by atoms with Crippen LogP contribution in [0.3, 0.4) is 0 Å². The molecule has 0 amide bonds. The average molecular weight is 337 g/mol. The van der Waals surface area contributed by atoms with Gasteiger partial charge in [0.05, 0.1) is 0 Å². The first-order valence-corrected chi connectivity index (χ1v) is 8.44. The van der Waals surface area contributed by atoms with Gasteiger partial charge in [0, 0.05) is 4.47 Å². The molecular weight excluding hydrogens is 320 g/mol. The molecule has 0 nitrogen and oxygen atoms in total. The van der Waals surface area contributed by atoms with E-state index in [1.54, 1.807) is 0 Å². The van der Waals surface area contributed by atoms with E-state index >= 15 is 0 Å². The summed E-state index contributed by atoms with van der Waals surface area (Å²) < 4.78 is 1.28. The first-order valence-electron chi connectivity index (χ1n) is 7.64. The Bertz CT molecular complexity index is 921. The van der Waals surface area contributed by atoms with E-state index in [4.69, 9.17) is 0 Å². The van der Waals surface area contributed by atoms with E-state index in [0.29, 0.717) is 0 Å². The highest BCUT2D eigenvalue weighted by atomic mass is 79.9. The molecule has 0 aliphatic rings. The lowest BCUT2D eigenvalue weighted by molar-refractivity contribution is 0.794. The van der Waals surface area contributed by atoms with Crippen molar-refractivity contribution in [2.24, 2.45) is 0 Å². The Hall–Kier alpha value is -1.60. The van der Waals surface area contributed by atoms with Gasteiger partial charge in [-0.3, -0.25) is 0 Å². The van der Waals surface area contributed by atoms with Crippen LogP contribution in [-0.2, 0) is 6.42 Å². The second kappa shape index (κ2) is 4.99. The second-order valence-electron chi connectivity index (χ2n) is 5.81. The Morgan fingerprint density at radius 3 is 2.33 bits per heavy atom. The van der Waals surface area contributed by atoms with Crippen molar-refractivity contribution in [1.82, 2.24) is 0 Å². The highest BCUT2D eigenvalue weighted by Crippen LogP contribution is 2.39. The van der Waals surface area contributed by atoms with Crippen LogP contribution in [0.15, 0.2) is 53.0 Å². The van der Waals surface area contributed by atoms with Crippen LogP contribution in [0.1, 0.15) is 25.3 Å². The largest absolute Gasteiger partial charge is 0.0654 e. The SMILES string of the molecule is CCCCc1cc2ccc3cccc4ccc(c1Br)c2c34. The highest BCUT2D eigenvalue weighted by molar-refractivity contribution is 9.10. The van der Waals surface area contributed by atoms with Crippen LogP contribution in [-0.4, -0.2) is 0 Å². The molecule has 0 saturated heterocycles. The molecule has 0 N–H and O–H groups in total. The lowest BCUT2D eigenvalue weighted by Crippen LogP contribution is -1.91. The maximum atomic E-state index is 3.86. The zero-order valence-corrected chi connectivity index (χ0v) is 13.7. The molecule has 0 spiro atoms. The molecule has 0 unspecified atom stereocenters. The predicted octanol–water partition coefficient (Wildman–Crippen LogP) is 6.69. The van der Waals surface area contributed by atoms with E-state index in [1.807, 2.05) is 0 Å². The van der Waals surface area contributed by atoms with Crippen molar-refractivity contribution in [3.05, 3.63) is 58.6 Å². The third kappa shape index (κ3) is 1.95. The molecule has 0 aliphatic carbocycles. The predicted molar refractivity (Wildman–Crippen MR) is 96.5 cm³/mol. The van der Waals surface area contributed by atoms with Crippen molar-refractivity contribution in [2.75, 3.05) is 0 Å². The fraction of sp³-hybridized carbons (Fsp3) is 0.200. The summed E-state index contributed by atoms with van der Waals surface area (Å²) in [6.45, 7) is 2.25. The third-order valence-electron chi connectivity index (χ3n) is 4.46. The molecule has 4 rings (SSSR count). The summed E-state index contributed by atoms with van der Waals surface area (Å²) >= 11 is 3.86. The molecule has 21 heavy (non-hydrogen) atoms. The number of unbranched alkanes of at least 4 members (excludes halogenated alkanes) is 1. The van der Waals surface area contributed by atoms with Crippen LogP contribution in [0.2, 0.25) is 0 Å². The minimum Gasteiger partial charge on any atom is -0.0654 e. The lowest BCUT2D eigenvalue weighted by Gasteiger charge is -2.14. The van der Waals surface area contributed by atoms with Crippen LogP contribution < -0.4 is 0 Å². The summed E-state index contributed by atoms with van der Waals surface area (Å²) in [5.41, 5.74) is 1.43. The van der Waals surface area contributed by atoms with E-state index in [-0.39, 0.29) is 0 Å². The Kier molecular flexibility index (Phi) is 3.11. The number of benzene rings is 4. The van der Waals surface area contributed by atoms with Crippen LogP contribution in [0.5, 0.6) is 0 Å². The minimum absolute atomic E-state index is 1.15. The van der Waals surface area contributed by atoms with Crippen LogP contribution in [0.4, 0.5) is 0 Å². The maximum Gasteiger partial charge on any atom is 0.0286 e. The van der Waals surface area contributed by atoms with E-state index in [2.05, 4.69) is 71.4 Å². The molecule has 0 heterocycles. The first kappa shape index (κ1) is 13.1. The minimum atomic E-state index is 1.15. The van der Waals surface area contributed by atoms with Gasteiger partial charge >= 0.3 is 0 Å². The van der Waals surface area contributed by atoms with Gasteiger partial charge in [0.25, 0.3) is 0 Å². The molecule has 0 radical (unpaired) electrons. The number of halogens is 1. The Morgan fingerprint density at radius 2 is 1.57 bits per heavy atom. The quantitative estimate of drug-likeness (QED) is 0.365. The molecule has 0 fully saturated rings. The van der Waals surface area contributed by atoms with Crippen molar-refractivity contribution in [3.8, 4) is 0 Å². The Balaban J connectivity index is 2.14. The Morgan fingerprint density at radius 1 is 0.857 bits per heavy atom. The third-order valence-corrected chi connectivity index (χ3v) is 5.39. The average Bonchev–Trinajstić information content (AvgIpc) is 2.53. The topological polar surface area (TPSA) is 0 Å². The molecule has 0 aromatic heterocycles. The van der Waals surface area contributed by atoms with Gasteiger partial charge in [-0.2, -0.15) is 0 Å². The summed E-state index contributed by atoms with van der Waals surface area (Å²) in [5, 5.41) is 8.18. The second-order valence-corrected chi connectivity index (χ2v) is 6.60. The van der Waals surface area contributed by atoms with E-state index < -0.39 is 0 Å². The van der Waals surface area contributed by atoms with Crippen molar-refractivity contribution < 1.29 is 0 Å². The summed E-state index contributed by atoms with van der Waals surface area (Å²) in [4.78, 5) is 0. The van der Waals surface area contributed by atoms with Crippen LogP contribution in [0.25, 0.3) is 32.3 Å². The number of aryl methyl sites for hydroxylation is 1. The van der Waals surface area contributed by atoms with Crippen LogP contribution in [0, 0.1) is 0 Å². The van der Waals surface area contributed by atoms with Gasteiger partial charge in [0.1, 0.15) is 0 Å². The number of hydrogen-bond donors (Lipinski definition) is 0.